The summed E-state index contributed by atoms with van der Waals surface area (Å²) in [5.41, 5.74) is 4.50. The zero-order valence-electron chi connectivity index (χ0n) is 12.4. The highest BCUT2D eigenvalue weighted by atomic mass is 19.4. The molecule has 2 N–H and O–H groups in total. The Balaban J connectivity index is 2.01. The maximum absolute atomic E-state index is 12.7. The van der Waals surface area contributed by atoms with Crippen LogP contribution in [0.4, 0.5) is 18.9 Å². The molecule has 1 aliphatic rings. The number of anilines is 1. The normalized spacial score (nSPS) is 15.8. The second-order valence-electron chi connectivity index (χ2n) is 5.78. The van der Waals surface area contributed by atoms with Crippen LogP contribution in [0.15, 0.2) is 42.7 Å². The largest absolute Gasteiger partial charge is 0.454 e. The monoisotopic (exact) mass is 334 g/mol. The fourth-order valence-electron chi connectivity index (χ4n) is 2.75. The van der Waals surface area contributed by atoms with Crippen LogP contribution in [0.5, 0.6) is 0 Å². The second kappa shape index (κ2) is 5.43. The van der Waals surface area contributed by atoms with Crippen molar-refractivity contribution in [3.63, 3.8) is 0 Å². The maximum atomic E-state index is 12.7. The SMILES string of the molecule is Nc1ccc(C2(C(=O)c3cccnc3)CC2)cc1C(=O)C(F)(F)F. The first kappa shape index (κ1) is 16.2. The van der Waals surface area contributed by atoms with Crippen LogP contribution in [-0.4, -0.2) is 22.7 Å². The van der Waals surface area contributed by atoms with Gasteiger partial charge in [0.15, 0.2) is 5.78 Å². The highest BCUT2D eigenvalue weighted by Crippen LogP contribution is 2.51. The Hall–Kier alpha value is -2.70. The van der Waals surface area contributed by atoms with Gasteiger partial charge in [-0.15, -0.1) is 0 Å². The topological polar surface area (TPSA) is 73.1 Å². The molecule has 0 bridgehead atoms. The van der Waals surface area contributed by atoms with Crippen LogP contribution in [0.2, 0.25) is 0 Å². The molecule has 1 aliphatic carbocycles. The van der Waals surface area contributed by atoms with Gasteiger partial charge in [0.05, 0.1) is 11.0 Å². The Morgan fingerprint density at radius 2 is 1.88 bits per heavy atom. The molecule has 0 unspecified atom stereocenters. The maximum Gasteiger partial charge on any atom is 0.454 e. The van der Waals surface area contributed by atoms with Gasteiger partial charge in [0, 0.05) is 23.6 Å². The number of hydrogen-bond acceptors (Lipinski definition) is 4. The average Bonchev–Trinajstić information content (AvgIpc) is 3.36. The summed E-state index contributed by atoms with van der Waals surface area (Å²) >= 11 is 0. The summed E-state index contributed by atoms with van der Waals surface area (Å²) in [4.78, 5) is 28.1. The van der Waals surface area contributed by atoms with Crippen molar-refractivity contribution in [1.82, 2.24) is 4.98 Å². The number of benzene rings is 1. The fourth-order valence-corrected chi connectivity index (χ4v) is 2.75. The van der Waals surface area contributed by atoms with Crippen LogP contribution in [0.3, 0.4) is 0 Å². The lowest BCUT2D eigenvalue weighted by Gasteiger charge is -2.17. The van der Waals surface area contributed by atoms with E-state index in [9.17, 15) is 22.8 Å². The number of nitrogen functional groups attached to an aromatic ring is 1. The van der Waals surface area contributed by atoms with Gasteiger partial charge < -0.3 is 5.73 Å². The van der Waals surface area contributed by atoms with E-state index in [4.69, 9.17) is 5.73 Å². The van der Waals surface area contributed by atoms with Gasteiger partial charge in [-0.1, -0.05) is 6.07 Å². The number of carbonyl (C=O) groups is 2. The van der Waals surface area contributed by atoms with Gasteiger partial charge in [0.1, 0.15) is 0 Å². The van der Waals surface area contributed by atoms with E-state index in [2.05, 4.69) is 4.98 Å². The molecule has 24 heavy (non-hydrogen) atoms. The zero-order valence-corrected chi connectivity index (χ0v) is 12.4. The smallest absolute Gasteiger partial charge is 0.398 e. The van der Waals surface area contributed by atoms with Crippen LogP contribution in [0, 0.1) is 0 Å². The predicted molar refractivity (Wildman–Crippen MR) is 80.7 cm³/mol. The molecule has 0 atom stereocenters. The van der Waals surface area contributed by atoms with Crippen LogP contribution in [0.1, 0.15) is 39.1 Å². The average molecular weight is 334 g/mol. The molecule has 4 nitrogen and oxygen atoms in total. The third-order valence-corrected chi connectivity index (χ3v) is 4.22. The number of hydrogen-bond donors (Lipinski definition) is 1. The third-order valence-electron chi connectivity index (χ3n) is 4.22. The van der Waals surface area contributed by atoms with Crippen molar-refractivity contribution in [3.05, 3.63) is 59.4 Å². The molecule has 3 rings (SSSR count). The van der Waals surface area contributed by atoms with Crippen LogP contribution < -0.4 is 5.73 Å². The quantitative estimate of drug-likeness (QED) is 0.688. The summed E-state index contributed by atoms with van der Waals surface area (Å²) in [6, 6.07) is 7.06. The highest BCUT2D eigenvalue weighted by molar-refractivity contribution is 6.08. The fraction of sp³-hybridized carbons (Fsp3) is 0.235. The number of nitrogens with zero attached hydrogens (tertiary/aromatic N) is 1. The van der Waals surface area contributed by atoms with E-state index in [0.717, 1.165) is 6.07 Å². The summed E-state index contributed by atoms with van der Waals surface area (Å²) in [6.07, 6.45) is -1.06. The summed E-state index contributed by atoms with van der Waals surface area (Å²) < 4.78 is 38.1. The minimum absolute atomic E-state index is 0.217. The summed E-state index contributed by atoms with van der Waals surface area (Å²) in [7, 11) is 0. The van der Waals surface area contributed by atoms with E-state index >= 15 is 0 Å². The number of nitrogens with two attached hydrogens (primary N) is 1. The molecule has 1 fully saturated rings. The molecule has 1 heterocycles. The summed E-state index contributed by atoms with van der Waals surface area (Å²) in [5.74, 6) is -2.22. The van der Waals surface area contributed by atoms with Crippen LogP contribution in [0.25, 0.3) is 0 Å². The van der Waals surface area contributed by atoms with E-state index < -0.39 is 22.9 Å². The number of aromatic nitrogens is 1. The van der Waals surface area contributed by atoms with Crippen molar-refractivity contribution in [2.75, 3.05) is 5.73 Å². The Morgan fingerprint density at radius 1 is 1.17 bits per heavy atom. The van der Waals surface area contributed by atoms with Crippen molar-refractivity contribution in [3.8, 4) is 0 Å². The standard InChI is InChI=1S/C17H13F3N2O2/c18-17(19,20)15(24)12-8-11(3-4-13(12)21)16(5-6-16)14(23)10-2-1-7-22-9-10/h1-4,7-9H,5-6,21H2. The lowest BCUT2D eigenvalue weighted by atomic mass is 9.86. The molecule has 1 aromatic carbocycles. The second-order valence-corrected chi connectivity index (χ2v) is 5.78. The number of halogens is 3. The van der Waals surface area contributed by atoms with Crippen molar-refractivity contribution < 1.29 is 22.8 Å². The van der Waals surface area contributed by atoms with Gasteiger partial charge in [0.25, 0.3) is 5.78 Å². The van der Waals surface area contributed by atoms with Gasteiger partial charge in [-0.2, -0.15) is 13.2 Å². The van der Waals surface area contributed by atoms with E-state index in [0.29, 0.717) is 24.0 Å². The van der Waals surface area contributed by atoms with Gasteiger partial charge in [-0.3, -0.25) is 14.6 Å². The number of rotatable bonds is 4. The number of ketones is 2. The van der Waals surface area contributed by atoms with Crippen molar-refractivity contribution in [2.45, 2.75) is 24.4 Å². The van der Waals surface area contributed by atoms with Crippen molar-refractivity contribution in [2.24, 2.45) is 0 Å². The Morgan fingerprint density at radius 3 is 2.42 bits per heavy atom. The van der Waals surface area contributed by atoms with Gasteiger partial charge in [-0.05, 0) is 42.7 Å². The lowest BCUT2D eigenvalue weighted by molar-refractivity contribution is -0.0884. The molecule has 1 aromatic heterocycles. The molecule has 0 amide bonds. The van der Waals surface area contributed by atoms with Gasteiger partial charge in [-0.25, -0.2) is 0 Å². The van der Waals surface area contributed by atoms with Crippen molar-refractivity contribution in [1.29, 1.82) is 0 Å². The summed E-state index contributed by atoms with van der Waals surface area (Å²) in [5, 5.41) is 0. The van der Waals surface area contributed by atoms with E-state index in [1.165, 1.54) is 24.5 Å². The van der Waals surface area contributed by atoms with Gasteiger partial charge in [0.2, 0.25) is 0 Å². The molecular formula is C17H13F3N2O2. The molecule has 0 aliphatic heterocycles. The van der Waals surface area contributed by atoms with E-state index in [-0.39, 0.29) is 11.5 Å². The number of alkyl halides is 3. The Kier molecular flexibility index (Phi) is 3.66. The molecule has 124 valence electrons. The predicted octanol–water partition coefficient (Wildman–Crippen LogP) is 3.32. The Labute approximate surface area is 135 Å². The minimum Gasteiger partial charge on any atom is -0.398 e. The molecular weight excluding hydrogens is 321 g/mol. The molecule has 0 radical (unpaired) electrons. The Bertz CT molecular complexity index is 812. The first-order valence-corrected chi connectivity index (χ1v) is 7.22. The van der Waals surface area contributed by atoms with E-state index in [1.54, 1.807) is 12.1 Å². The third kappa shape index (κ3) is 2.66. The molecule has 1 saturated carbocycles. The number of Topliss-reactive ketones (excluding diaryl/α,β-unsaturated/α-hetero) is 2. The number of carbonyl (C=O) groups excluding carboxylic acids is 2. The van der Waals surface area contributed by atoms with Gasteiger partial charge >= 0.3 is 6.18 Å². The summed E-state index contributed by atoms with van der Waals surface area (Å²) in [6.45, 7) is 0. The molecule has 0 spiro atoms. The first-order chi connectivity index (χ1) is 11.3. The molecule has 2 aromatic rings. The lowest BCUT2D eigenvalue weighted by Crippen LogP contribution is -2.26. The molecule has 7 heteroatoms. The van der Waals surface area contributed by atoms with E-state index in [1.807, 2.05) is 0 Å². The number of pyridine rings is 1. The minimum atomic E-state index is -5.02. The molecule has 0 saturated heterocycles. The van der Waals surface area contributed by atoms with Crippen molar-refractivity contribution >= 4 is 17.3 Å². The zero-order chi connectivity index (χ0) is 17.5. The van der Waals surface area contributed by atoms with Crippen LogP contribution in [-0.2, 0) is 5.41 Å². The van der Waals surface area contributed by atoms with Crippen LogP contribution >= 0.6 is 0 Å². The first-order valence-electron chi connectivity index (χ1n) is 7.22. The highest BCUT2D eigenvalue weighted by Gasteiger charge is 2.52.